The van der Waals surface area contributed by atoms with Gasteiger partial charge in [-0.2, -0.15) is 0 Å². The molecule has 1 aliphatic heterocycles. The van der Waals surface area contributed by atoms with Crippen molar-refractivity contribution in [2.45, 2.75) is 37.8 Å². The minimum Gasteiger partial charge on any atom is -0.507 e. The summed E-state index contributed by atoms with van der Waals surface area (Å²) in [5, 5.41) is 11.0. The van der Waals surface area contributed by atoms with Gasteiger partial charge in [0.2, 0.25) is 0 Å². The minimum absolute atomic E-state index is 0.0664. The first-order chi connectivity index (χ1) is 14.4. The number of amides is 1. The fraction of sp³-hybridized carbons (Fsp3) is 0.304. The SMILES string of the molecule is COc1ccc(F)cc1/C(O)=C1\C(=O)C(=O)N(C2CCCC2)C1c1ccccc1F. The molecule has 1 unspecified atom stereocenters. The number of rotatable bonds is 4. The second kappa shape index (κ2) is 7.89. The van der Waals surface area contributed by atoms with Crippen molar-refractivity contribution >= 4 is 17.4 Å². The molecule has 0 spiro atoms. The highest BCUT2D eigenvalue weighted by atomic mass is 19.1. The van der Waals surface area contributed by atoms with Gasteiger partial charge in [-0.15, -0.1) is 0 Å². The van der Waals surface area contributed by atoms with Crippen molar-refractivity contribution in [2.75, 3.05) is 7.11 Å². The zero-order valence-corrected chi connectivity index (χ0v) is 16.4. The van der Waals surface area contributed by atoms with Crippen molar-refractivity contribution < 1.29 is 28.2 Å². The molecule has 2 aromatic rings. The number of ether oxygens (including phenoxy) is 1. The van der Waals surface area contributed by atoms with Crippen LogP contribution in [0.3, 0.4) is 0 Å². The molecule has 1 amide bonds. The van der Waals surface area contributed by atoms with Crippen LogP contribution in [0.5, 0.6) is 5.75 Å². The van der Waals surface area contributed by atoms with Gasteiger partial charge in [0.1, 0.15) is 23.1 Å². The Kier molecular flexibility index (Phi) is 5.28. The number of aliphatic hydroxyl groups is 1. The van der Waals surface area contributed by atoms with Crippen molar-refractivity contribution in [3.8, 4) is 5.75 Å². The van der Waals surface area contributed by atoms with Crippen molar-refractivity contribution in [3.63, 3.8) is 0 Å². The van der Waals surface area contributed by atoms with Crippen LogP contribution in [0, 0.1) is 11.6 Å². The molecule has 156 valence electrons. The van der Waals surface area contributed by atoms with Crippen LogP contribution in [0.4, 0.5) is 8.78 Å². The first-order valence-corrected chi connectivity index (χ1v) is 9.82. The van der Waals surface area contributed by atoms with E-state index < -0.39 is 35.1 Å². The fourth-order valence-corrected chi connectivity index (χ4v) is 4.42. The van der Waals surface area contributed by atoms with Gasteiger partial charge in [-0.05, 0) is 37.1 Å². The lowest BCUT2D eigenvalue weighted by molar-refractivity contribution is -0.141. The van der Waals surface area contributed by atoms with E-state index in [9.17, 15) is 23.5 Å². The third kappa shape index (κ3) is 3.24. The maximum absolute atomic E-state index is 14.8. The molecule has 1 heterocycles. The van der Waals surface area contributed by atoms with E-state index >= 15 is 0 Å². The molecule has 0 aromatic heterocycles. The van der Waals surface area contributed by atoms with Crippen molar-refractivity contribution in [1.82, 2.24) is 4.90 Å². The van der Waals surface area contributed by atoms with E-state index in [1.165, 1.54) is 36.3 Å². The topological polar surface area (TPSA) is 66.8 Å². The summed E-state index contributed by atoms with van der Waals surface area (Å²) in [6.07, 6.45) is 3.19. The zero-order chi connectivity index (χ0) is 21.4. The standard InChI is InChI=1S/C23H21F2NO4/c1-30-18-11-10-13(24)12-16(18)21(27)19-20(15-8-4-5-9-17(15)25)26(23(29)22(19)28)14-6-2-3-7-14/h4-5,8-12,14,20,27H,2-3,6-7H2,1H3/b21-19+. The number of benzene rings is 2. The van der Waals surface area contributed by atoms with Crippen molar-refractivity contribution in [2.24, 2.45) is 0 Å². The quantitative estimate of drug-likeness (QED) is 0.460. The van der Waals surface area contributed by atoms with Gasteiger partial charge in [0.05, 0.1) is 24.3 Å². The van der Waals surface area contributed by atoms with Crippen LogP contribution in [0.1, 0.15) is 42.9 Å². The van der Waals surface area contributed by atoms with Crippen LogP contribution in [0.15, 0.2) is 48.0 Å². The summed E-state index contributed by atoms with van der Waals surface area (Å²) in [6.45, 7) is 0. The van der Waals surface area contributed by atoms with E-state index in [4.69, 9.17) is 4.74 Å². The number of hydrogen-bond donors (Lipinski definition) is 1. The predicted octanol–water partition coefficient (Wildman–Crippen LogP) is 4.34. The summed E-state index contributed by atoms with van der Waals surface area (Å²) < 4.78 is 33.9. The molecule has 0 radical (unpaired) electrons. The summed E-state index contributed by atoms with van der Waals surface area (Å²) in [6, 6.07) is 8.02. The number of carbonyl (C=O) groups excluding carboxylic acids is 2. The Balaban J connectivity index is 1.96. The van der Waals surface area contributed by atoms with Gasteiger partial charge in [-0.1, -0.05) is 31.0 Å². The normalized spacial score (nSPS) is 21.4. The maximum atomic E-state index is 14.8. The fourth-order valence-electron chi connectivity index (χ4n) is 4.42. The molecule has 2 aromatic carbocycles. The monoisotopic (exact) mass is 413 g/mol. The third-order valence-electron chi connectivity index (χ3n) is 5.81. The lowest BCUT2D eigenvalue weighted by atomic mass is 9.94. The Bertz CT molecular complexity index is 1040. The molecule has 1 saturated carbocycles. The molecule has 1 saturated heterocycles. The maximum Gasteiger partial charge on any atom is 0.295 e. The summed E-state index contributed by atoms with van der Waals surface area (Å²) in [4.78, 5) is 27.3. The summed E-state index contributed by atoms with van der Waals surface area (Å²) in [7, 11) is 1.34. The largest absolute Gasteiger partial charge is 0.507 e. The highest BCUT2D eigenvalue weighted by Gasteiger charge is 2.50. The second-order valence-electron chi connectivity index (χ2n) is 7.51. The summed E-state index contributed by atoms with van der Waals surface area (Å²) in [5.41, 5.74) is -0.218. The highest BCUT2D eigenvalue weighted by Crippen LogP contribution is 2.45. The number of likely N-dealkylation sites (tertiary alicyclic amines) is 1. The van der Waals surface area contributed by atoms with Gasteiger partial charge in [0.15, 0.2) is 0 Å². The smallest absolute Gasteiger partial charge is 0.295 e. The Hall–Kier alpha value is -3.22. The molecular weight excluding hydrogens is 392 g/mol. The van der Waals surface area contributed by atoms with Crippen LogP contribution in [0.25, 0.3) is 5.76 Å². The first kappa shape index (κ1) is 20.1. The van der Waals surface area contributed by atoms with E-state index in [2.05, 4.69) is 0 Å². The van der Waals surface area contributed by atoms with Crippen LogP contribution in [-0.4, -0.2) is 34.8 Å². The lowest BCUT2D eigenvalue weighted by Gasteiger charge is -2.31. The Morgan fingerprint density at radius 1 is 1.10 bits per heavy atom. The minimum atomic E-state index is -1.10. The van der Waals surface area contributed by atoms with Crippen LogP contribution >= 0.6 is 0 Å². The van der Waals surface area contributed by atoms with Crippen molar-refractivity contribution in [3.05, 3.63) is 70.8 Å². The first-order valence-electron chi connectivity index (χ1n) is 9.82. The number of halogens is 2. The molecule has 5 nitrogen and oxygen atoms in total. The van der Waals surface area contributed by atoms with E-state index in [1.54, 1.807) is 6.07 Å². The molecule has 4 rings (SSSR count). The molecule has 1 atom stereocenters. The summed E-state index contributed by atoms with van der Waals surface area (Å²) in [5.74, 6) is -3.40. The van der Waals surface area contributed by atoms with Gasteiger partial charge in [-0.25, -0.2) is 8.78 Å². The Morgan fingerprint density at radius 3 is 2.47 bits per heavy atom. The van der Waals surface area contributed by atoms with Crippen LogP contribution in [0.2, 0.25) is 0 Å². The van der Waals surface area contributed by atoms with Gasteiger partial charge in [0.25, 0.3) is 11.7 Å². The number of Topliss-reactive ketones (excluding diaryl/α,β-unsaturated/α-hetero) is 1. The number of methoxy groups -OCH3 is 1. The number of hydrogen-bond acceptors (Lipinski definition) is 4. The van der Waals surface area contributed by atoms with Crippen LogP contribution in [-0.2, 0) is 9.59 Å². The zero-order valence-electron chi connectivity index (χ0n) is 16.4. The molecule has 7 heteroatoms. The Labute approximate surface area is 172 Å². The lowest BCUT2D eigenvalue weighted by Crippen LogP contribution is -2.38. The average molecular weight is 413 g/mol. The third-order valence-corrected chi connectivity index (χ3v) is 5.81. The second-order valence-corrected chi connectivity index (χ2v) is 7.51. The molecule has 1 N–H and O–H groups in total. The highest BCUT2D eigenvalue weighted by molar-refractivity contribution is 6.46. The van der Waals surface area contributed by atoms with E-state index in [0.29, 0.717) is 12.8 Å². The van der Waals surface area contributed by atoms with Crippen molar-refractivity contribution in [1.29, 1.82) is 0 Å². The van der Waals surface area contributed by atoms with E-state index in [0.717, 1.165) is 25.0 Å². The Morgan fingerprint density at radius 2 is 1.80 bits per heavy atom. The van der Waals surface area contributed by atoms with E-state index in [1.807, 2.05) is 0 Å². The molecule has 2 fully saturated rings. The average Bonchev–Trinajstić information content (AvgIpc) is 3.35. The molecular formula is C23H21F2NO4. The number of ketones is 1. The molecule has 2 aliphatic rings. The summed E-state index contributed by atoms with van der Waals surface area (Å²) >= 11 is 0. The van der Waals surface area contributed by atoms with Gasteiger partial charge >= 0.3 is 0 Å². The van der Waals surface area contributed by atoms with E-state index in [-0.39, 0.29) is 28.5 Å². The molecule has 1 aliphatic carbocycles. The van der Waals surface area contributed by atoms with Crippen LogP contribution < -0.4 is 4.74 Å². The molecule has 30 heavy (non-hydrogen) atoms. The molecule has 0 bridgehead atoms. The predicted molar refractivity (Wildman–Crippen MR) is 106 cm³/mol. The van der Waals surface area contributed by atoms with Gasteiger partial charge in [-0.3, -0.25) is 9.59 Å². The number of aliphatic hydroxyl groups excluding tert-OH is 1. The number of carbonyl (C=O) groups is 2. The van der Waals surface area contributed by atoms with Gasteiger partial charge in [0, 0.05) is 11.6 Å². The number of nitrogens with zero attached hydrogens (tertiary/aromatic N) is 1. The van der Waals surface area contributed by atoms with Gasteiger partial charge < -0.3 is 14.7 Å².